The molecule has 2 N–H and O–H groups in total. The molecule has 0 saturated carbocycles. The van der Waals surface area contributed by atoms with Crippen LogP contribution in [0.15, 0.2) is 12.1 Å². The lowest BCUT2D eigenvalue weighted by atomic mass is 9.84. The van der Waals surface area contributed by atoms with Crippen LogP contribution in [-0.2, 0) is 4.74 Å². The van der Waals surface area contributed by atoms with Gasteiger partial charge in [-0.3, -0.25) is 0 Å². The molecule has 1 aliphatic rings. The van der Waals surface area contributed by atoms with Gasteiger partial charge in [0.15, 0.2) is 0 Å². The van der Waals surface area contributed by atoms with Gasteiger partial charge in [-0.05, 0) is 75.1 Å². The van der Waals surface area contributed by atoms with Crippen molar-refractivity contribution < 1.29 is 9.53 Å². The Labute approximate surface area is 146 Å². The van der Waals surface area contributed by atoms with Gasteiger partial charge in [0.1, 0.15) is 5.60 Å². The molecule has 1 heterocycles. The van der Waals surface area contributed by atoms with E-state index in [2.05, 4.69) is 32.9 Å². The number of anilines is 1. The van der Waals surface area contributed by atoms with Crippen molar-refractivity contribution in [2.75, 3.05) is 18.8 Å². The predicted octanol–water partition coefficient (Wildman–Crippen LogP) is 4.82. The molecule has 134 valence electrons. The Hall–Kier alpha value is -1.71. The van der Waals surface area contributed by atoms with Crippen molar-refractivity contribution in [1.29, 1.82) is 0 Å². The summed E-state index contributed by atoms with van der Waals surface area (Å²) in [6, 6.07) is 4.38. The van der Waals surface area contributed by atoms with Crippen LogP contribution in [-0.4, -0.2) is 29.7 Å². The van der Waals surface area contributed by atoms with Crippen LogP contribution in [0.5, 0.6) is 0 Å². The molecule has 4 heteroatoms. The van der Waals surface area contributed by atoms with Crippen LogP contribution in [0.3, 0.4) is 0 Å². The summed E-state index contributed by atoms with van der Waals surface area (Å²) in [4.78, 5) is 14.0. The summed E-state index contributed by atoms with van der Waals surface area (Å²) in [5, 5.41) is 0. The van der Waals surface area contributed by atoms with Gasteiger partial charge in [0.2, 0.25) is 0 Å². The number of carbonyl (C=O) groups is 1. The molecule has 1 aromatic rings. The molecule has 0 unspecified atom stereocenters. The number of amides is 1. The Kier molecular flexibility index (Phi) is 5.46. The van der Waals surface area contributed by atoms with Crippen molar-refractivity contribution in [2.45, 2.75) is 71.8 Å². The smallest absolute Gasteiger partial charge is 0.410 e. The minimum absolute atomic E-state index is 0.196. The molecule has 4 nitrogen and oxygen atoms in total. The highest BCUT2D eigenvalue weighted by atomic mass is 16.6. The van der Waals surface area contributed by atoms with Crippen molar-refractivity contribution in [1.82, 2.24) is 4.90 Å². The van der Waals surface area contributed by atoms with Gasteiger partial charge in [0.05, 0.1) is 0 Å². The van der Waals surface area contributed by atoms with Gasteiger partial charge < -0.3 is 15.4 Å². The lowest BCUT2D eigenvalue weighted by Gasteiger charge is -2.34. The molecule has 0 aromatic heterocycles. The molecule has 1 saturated heterocycles. The second kappa shape index (κ2) is 7.04. The topological polar surface area (TPSA) is 55.6 Å². The number of carbonyl (C=O) groups excluding carboxylic acids is 1. The largest absolute Gasteiger partial charge is 0.444 e. The monoisotopic (exact) mass is 332 g/mol. The second-order valence-corrected chi connectivity index (χ2v) is 8.23. The van der Waals surface area contributed by atoms with E-state index in [1.54, 1.807) is 0 Å². The zero-order valence-electron chi connectivity index (χ0n) is 16.0. The molecule has 1 amide bonds. The highest BCUT2D eigenvalue weighted by Crippen LogP contribution is 2.35. The van der Waals surface area contributed by atoms with Gasteiger partial charge in [-0.1, -0.05) is 19.9 Å². The van der Waals surface area contributed by atoms with E-state index in [4.69, 9.17) is 10.5 Å². The number of benzene rings is 1. The summed E-state index contributed by atoms with van der Waals surface area (Å²) in [6.07, 6.45) is 1.75. The zero-order chi connectivity index (χ0) is 18.1. The van der Waals surface area contributed by atoms with Crippen molar-refractivity contribution in [3.63, 3.8) is 0 Å². The van der Waals surface area contributed by atoms with Crippen LogP contribution in [0.4, 0.5) is 10.5 Å². The van der Waals surface area contributed by atoms with Crippen molar-refractivity contribution in [2.24, 2.45) is 0 Å². The molecule has 1 aliphatic heterocycles. The number of hydrogen-bond acceptors (Lipinski definition) is 3. The Morgan fingerprint density at radius 2 is 1.83 bits per heavy atom. The maximum atomic E-state index is 12.2. The Morgan fingerprint density at radius 1 is 1.25 bits per heavy atom. The summed E-state index contributed by atoms with van der Waals surface area (Å²) in [5.41, 5.74) is 10.5. The first kappa shape index (κ1) is 18.6. The molecule has 1 fully saturated rings. The van der Waals surface area contributed by atoms with E-state index >= 15 is 0 Å². The SMILES string of the molecule is Cc1cc(N)c(C(C)C)cc1C1CCN(C(=O)OC(C)(C)C)CC1. The van der Waals surface area contributed by atoms with Crippen LogP contribution in [0.1, 0.15) is 76.0 Å². The lowest BCUT2D eigenvalue weighted by Crippen LogP contribution is -2.41. The summed E-state index contributed by atoms with van der Waals surface area (Å²) in [7, 11) is 0. The highest BCUT2D eigenvalue weighted by Gasteiger charge is 2.28. The number of nitrogens with two attached hydrogens (primary N) is 1. The summed E-state index contributed by atoms with van der Waals surface area (Å²) in [5.74, 6) is 0.910. The minimum Gasteiger partial charge on any atom is -0.444 e. The molecule has 0 aliphatic carbocycles. The Morgan fingerprint density at radius 3 is 2.33 bits per heavy atom. The van der Waals surface area contributed by atoms with E-state index in [1.165, 1.54) is 16.7 Å². The van der Waals surface area contributed by atoms with E-state index in [9.17, 15) is 4.79 Å². The zero-order valence-corrected chi connectivity index (χ0v) is 16.0. The highest BCUT2D eigenvalue weighted by molar-refractivity contribution is 5.68. The fraction of sp³-hybridized carbons (Fsp3) is 0.650. The van der Waals surface area contributed by atoms with Crippen molar-refractivity contribution in [3.8, 4) is 0 Å². The molecular formula is C20H32N2O2. The maximum Gasteiger partial charge on any atom is 0.410 e. The third-order valence-corrected chi connectivity index (χ3v) is 4.68. The molecule has 0 spiro atoms. The van der Waals surface area contributed by atoms with Crippen LogP contribution in [0.2, 0.25) is 0 Å². The number of nitrogens with zero attached hydrogens (tertiary/aromatic N) is 1. The van der Waals surface area contributed by atoms with Gasteiger partial charge in [-0.25, -0.2) is 4.79 Å². The van der Waals surface area contributed by atoms with Crippen LogP contribution >= 0.6 is 0 Å². The van der Waals surface area contributed by atoms with Crippen LogP contribution < -0.4 is 5.73 Å². The van der Waals surface area contributed by atoms with Gasteiger partial charge >= 0.3 is 6.09 Å². The first-order chi connectivity index (χ1) is 11.1. The average molecular weight is 332 g/mol. The van der Waals surface area contributed by atoms with Gasteiger partial charge in [-0.2, -0.15) is 0 Å². The predicted molar refractivity (Wildman–Crippen MR) is 99.5 cm³/mol. The first-order valence-corrected chi connectivity index (χ1v) is 8.96. The second-order valence-electron chi connectivity index (χ2n) is 8.23. The Balaban J connectivity index is 2.07. The van der Waals surface area contributed by atoms with E-state index in [0.717, 1.165) is 31.6 Å². The first-order valence-electron chi connectivity index (χ1n) is 8.96. The standard InChI is InChI=1S/C20H32N2O2/c1-13(2)16-12-17(14(3)11-18(16)21)15-7-9-22(10-8-15)19(23)24-20(4,5)6/h11-13,15H,7-10,21H2,1-6H3. The summed E-state index contributed by atoms with van der Waals surface area (Å²) >= 11 is 0. The van der Waals surface area contributed by atoms with Gasteiger partial charge in [0.25, 0.3) is 0 Å². The van der Waals surface area contributed by atoms with E-state index in [1.807, 2.05) is 25.7 Å². The average Bonchev–Trinajstić information content (AvgIpc) is 2.45. The number of aryl methyl sites for hydroxylation is 1. The molecule has 0 bridgehead atoms. The van der Waals surface area contributed by atoms with Crippen LogP contribution in [0.25, 0.3) is 0 Å². The Bertz CT molecular complexity index is 594. The lowest BCUT2D eigenvalue weighted by molar-refractivity contribution is 0.0205. The fourth-order valence-corrected chi connectivity index (χ4v) is 3.40. The molecular weight excluding hydrogens is 300 g/mol. The minimum atomic E-state index is -0.437. The summed E-state index contributed by atoms with van der Waals surface area (Å²) < 4.78 is 5.48. The van der Waals surface area contributed by atoms with Gasteiger partial charge in [-0.15, -0.1) is 0 Å². The molecule has 1 aromatic carbocycles. The molecule has 0 radical (unpaired) electrons. The maximum absolute atomic E-state index is 12.2. The number of nitrogen functional groups attached to an aromatic ring is 1. The quantitative estimate of drug-likeness (QED) is 0.790. The normalized spacial score (nSPS) is 16.5. The number of likely N-dealkylation sites (tertiary alicyclic amines) is 1. The number of piperidine rings is 1. The fourth-order valence-electron chi connectivity index (χ4n) is 3.40. The van der Waals surface area contributed by atoms with Crippen molar-refractivity contribution >= 4 is 11.8 Å². The van der Waals surface area contributed by atoms with Crippen molar-refractivity contribution in [3.05, 3.63) is 28.8 Å². The third-order valence-electron chi connectivity index (χ3n) is 4.68. The van der Waals surface area contributed by atoms with E-state index in [-0.39, 0.29) is 6.09 Å². The number of rotatable bonds is 2. The van der Waals surface area contributed by atoms with Crippen LogP contribution in [0, 0.1) is 6.92 Å². The molecule has 2 rings (SSSR count). The summed E-state index contributed by atoms with van der Waals surface area (Å²) in [6.45, 7) is 13.7. The number of hydrogen-bond donors (Lipinski definition) is 1. The third kappa shape index (κ3) is 4.43. The van der Waals surface area contributed by atoms with E-state index < -0.39 is 5.60 Å². The molecule has 24 heavy (non-hydrogen) atoms. The van der Waals surface area contributed by atoms with Gasteiger partial charge in [0, 0.05) is 18.8 Å². The van der Waals surface area contributed by atoms with E-state index in [0.29, 0.717) is 11.8 Å². The number of ether oxygens (including phenoxy) is 1. The molecule has 0 atom stereocenters.